The third kappa shape index (κ3) is 3.37. The van der Waals surface area contributed by atoms with E-state index < -0.39 is 0 Å². The molecule has 0 saturated carbocycles. The highest BCUT2D eigenvalue weighted by molar-refractivity contribution is 5.85. The zero-order valence-corrected chi connectivity index (χ0v) is 12.5. The Balaban J connectivity index is 0.00000200. The second-order valence-electron chi connectivity index (χ2n) is 4.07. The van der Waals surface area contributed by atoms with Crippen molar-refractivity contribution in [2.75, 3.05) is 14.2 Å². The summed E-state index contributed by atoms with van der Waals surface area (Å²) in [5.41, 5.74) is 8.22. The second-order valence-corrected chi connectivity index (χ2v) is 4.07. The molecule has 1 aromatic carbocycles. The molecule has 108 valence electrons. The van der Waals surface area contributed by atoms with Gasteiger partial charge in [0.1, 0.15) is 5.82 Å². The van der Waals surface area contributed by atoms with Crippen LogP contribution in [0.5, 0.6) is 11.5 Å². The average Bonchev–Trinajstić information content (AvgIpc) is 2.45. The SMILES string of the molecule is COc1ccc(-c2cc(CN)nc(C)n2)cc1OC.Cl. The number of rotatable bonds is 4. The van der Waals surface area contributed by atoms with Crippen molar-refractivity contribution in [3.63, 3.8) is 0 Å². The maximum Gasteiger partial charge on any atom is 0.161 e. The third-order valence-corrected chi connectivity index (χ3v) is 2.78. The molecule has 1 heterocycles. The molecule has 0 aliphatic rings. The van der Waals surface area contributed by atoms with Gasteiger partial charge < -0.3 is 15.2 Å². The van der Waals surface area contributed by atoms with Gasteiger partial charge in [-0.2, -0.15) is 0 Å². The van der Waals surface area contributed by atoms with Gasteiger partial charge in [-0.3, -0.25) is 0 Å². The number of ether oxygens (including phenoxy) is 2. The van der Waals surface area contributed by atoms with Crippen LogP contribution in [0, 0.1) is 6.92 Å². The number of hydrogen-bond acceptors (Lipinski definition) is 5. The fourth-order valence-electron chi connectivity index (χ4n) is 1.88. The predicted molar refractivity (Wildman–Crippen MR) is 80.4 cm³/mol. The molecule has 2 aromatic rings. The van der Waals surface area contributed by atoms with Crippen LogP contribution >= 0.6 is 12.4 Å². The Morgan fingerprint density at radius 2 is 1.75 bits per heavy atom. The van der Waals surface area contributed by atoms with Crippen LogP contribution in [-0.2, 0) is 6.54 Å². The van der Waals surface area contributed by atoms with Crippen LogP contribution in [0.15, 0.2) is 24.3 Å². The molecule has 0 atom stereocenters. The number of aryl methyl sites for hydroxylation is 1. The first-order valence-corrected chi connectivity index (χ1v) is 5.95. The highest BCUT2D eigenvalue weighted by Crippen LogP contribution is 2.31. The molecule has 0 bridgehead atoms. The summed E-state index contributed by atoms with van der Waals surface area (Å²) in [5, 5.41) is 0. The Morgan fingerprint density at radius 3 is 2.35 bits per heavy atom. The van der Waals surface area contributed by atoms with Gasteiger partial charge in [0.15, 0.2) is 11.5 Å². The van der Waals surface area contributed by atoms with Crippen molar-refractivity contribution in [1.82, 2.24) is 9.97 Å². The quantitative estimate of drug-likeness (QED) is 0.937. The van der Waals surface area contributed by atoms with Crippen molar-refractivity contribution in [2.45, 2.75) is 13.5 Å². The van der Waals surface area contributed by atoms with E-state index >= 15 is 0 Å². The zero-order chi connectivity index (χ0) is 13.8. The summed E-state index contributed by atoms with van der Waals surface area (Å²) >= 11 is 0. The van der Waals surface area contributed by atoms with Gasteiger partial charge in [-0.1, -0.05) is 0 Å². The van der Waals surface area contributed by atoms with Gasteiger partial charge in [0.2, 0.25) is 0 Å². The lowest BCUT2D eigenvalue weighted by atomic mass is 10.1. The van der Waals surface area contributed by atoms with E-state index in [1.165, 1.54) is 0 Å². The number of halogens is 1. The Morgan fingerprint density at radius 1 is 1.05 bits per heavy atom. The summed E-state index contributed by atoms with van der Waals surface area (Å²) in [6.45, 7) is 2.24. The number of hydrogen-bond donors (Lipinski definition) is 1. The van der Waals surface area contributed by atoms with E-state index in [9.17, 15) is 0 Å². The smallest absolute Gasteiger partial charge is 0.161 e. The zero-order valence-electron chi connectivity index (χ0n) is 11.7. The molecule has 0 fully saturated rings. The summed E-state index contributed by atoms with van der Waals surface area (Å²) in [6.07, 6.45) is 0. The van der Waals surface area contributed by atoms with Crippen LogP contribution in [-0.4, -0.2) is 24.2 Å². The van der Waals surface area contributed by atoms with Gasteiger partial charge in [-0.15, -0.1) is 12.4 Å². The fourth-order valence-corrected chi connectivity index (χ4v) is 1.88. The molecule has 0 amide bonds. The molecule has 0 unspecified atom stereocenters. The molecule has 0 aliphatic heterocycles. The van der Waals surface area contributed by atoms with E-state index in [1.807, 2.05) is 31.2 Å². The van der Waals surface area contributed by atoms with Crippen LogP contribution in [0.25, 0.3) is 11.3 Å². The predicted octanol–water partition coefficient (Wildman–Crippen LogP) is 2.35. The number of aromatic nitrogens is 2. The van der Waals surface area contributed by atoms with Crippen LogP contribution in [0.3, 0.4) is 0 Å². The number of benzene rings is 1. The van der Waals surface area contributed by atoms with Gasteiger partial charge >= 0.3 is 0 Å². The van der Waals surface area contributed by atoms with Crippen molar-refractivity contribution < 1.29 is 9.47 Å². The van der Waals surface area contributed by atoms with E-state index in [1.54, 1.807) is 14.2 Å². The van der Waals surface area contributed by atoms with Crippen molar-refractivity contribution in [3.8, 4) is 22.8 Å². The molecule has 0 aliphatic carbocycles. The topological polar surface area (TPSA) is 70.3 Å². The monoisotopic (exact) mass is 295 g/mol. The summed E-state index contributed by atoms with van der Waals surface area (Å²) in [4.78, 5) is 8.68. The minimum absolute atomic E-state index is 0. The van der Waals surface area contributed by atoms with E-state index in [0.717, 1.165) is 17.0 Å². The molecular formula is C14H18ClN3O2. The van der Waals surface area contributed by atoms with Crippen LogP contribution in [0.4, 0.5) is 0 Å². The van der Waals surface area contributed by atoms with Crippen molar-refractivity contribution in [1.29, 1.82) is 0 Å². The summed E-state index contributed by atoms with van der Waals surface area (Å²) in [7, 11) is 3.22. The van der Waals surface area contributed by atoms with Gasteiger partial charge in [-0.05, 0) is 31.2 Å². The molecule has 0 spiro atoms. The minimum Gasteiger partial charge on any atom is -0.493 e. The first-order valence-electron chi connectivity index (χ1n) is 5.95. The Hall–Kier alpha value is -1.85. The lowest BCUT2D eigenvalue weighted by Crippen LogP contribution is -2.03. The molecule has 6 heteroatoms. The molecule has 0 radical (unpaired) electrons. The molecule has 20 heavy (non-hydrogen) atoms. The van der Waals surface area contributed by atoms with Crippen LogP contribution in [0.2, 0.25) is 0 Å². The average molecular weight is 296 g/mol. The summed E-state index contributed by atoms with van der Waals surface area (Å²) < 4.78 is 10.5. The first-order chi connectivity index (χ1) is 9.17. The Labute approximate surface area is 124 Å². The maximum atomic E-state index is 5.63. The molecule has 5 nitrogen and oxygen atoms in total. The van der Waals surface area contributed by atoms with Crippen LogP contribution in [0.1, 0.15) is 11.5 Å². The maximum absolute atomic E-state index is 5.63. The van der Waals surface area contributed by atoms with E-state index in [-0.39, 0.29) is 12.4 Å². The van der Waals surface area contributed by atoms with Crippen molar-refractivity contribution in [3.05, 3.63) is 35.8 Å². The number of nitrogens with zero attached hydrogens (tertiary/aromatic N) is 2. The third-order valence-electron chi connectivity index (χ3n) is 2.78. The normalized spacial score (nSPS) is 9.80. The lowest BCUT2D eigenvalue weighted by molar-refractivity contribution is 0.355. The molecular weight excluding hydrogens is 278 g/mol. The van der Waals surface area contributed by atoms with Gasteiger partial charge in [0, 0.05) is 12.1 Å². The summed E-state index contributed by atoms with van der Waals surface area (Å²) in [6, 6.07) is 7.56. The standard InChI is InChI=1S/C14H17N3O2.ClH/c1-9-16-11(8-15)7-12(17-9)10-4-5-13(18-2)14(6-10)19-3;/h4-7H,8,15H2,1-3H3;1H. The minimum atomic E-state index is 0. The largest absolute Gasteiger partial charge is 0.493 e. The highest BCUT2D eigenvalue weighted by Gasteiger charge is 2.08. The molecule has 0 saturated heterocycles. The van der Waals surface area contributed by atoms with E-state index in [2.05, 4.69) is 9.97 Å². The lowest BCUT2D eigenvalue weighted by Gasteiger charge is -2.10. The van der Waals surface area contributed by atoms with Gasteiger partial charge in [0.25, 0.3) is 0 Å². The van der Waals surface area contributed by atoms with Gasteiger partial charge in [-0.25, -0.2) is 9.97 Å². The van der Waals surface area contributed by atoms with Crippen molar-refractivity contribution in [2.24, 2.45) is 5.73 Å². The fraction of sp³-hybridized carbons (Fsp3) is 0.286. The second kappa shape index (κ2) is 7.07. The Kier molecular flexibility index (Phi) is 5.73. The van der Waals surface area contributed by atoms with E-state index in [0.29, 0.717) is 23.9 Å². The number of methoxy groups -OCH3 is 2. The molecule has 1 aromatic heterocycles. The Bertz CT molecular complexity index is 591. The summed E-state index contributed by atoms with van der Waals surface area (Å²) in [5.74, 6) is 2.06. The van der Waals surface area contributed by atoms with Crippen molar-refractivity contribution >= 4 is 12.4 Å². The van der Waals surface area contributed by atoms with Crippen LogP contribution < -0.4 is 15.2 Å². The molecule has 2 rings (SSSR count). The van der Waals surface area contributed by atoms with Gasteiger partial charge in [0.05, 0.1) is 25.6 Å². The first kappa shape index (κ1) is 16.2. The number of nitrogens with two attached hydrogens (primary N) is 1. The van der Waals surface area contributed by atoms with E-state index in [4.69, 9.17) is 15.2 Å². The highest BCUT2D eigenvalue weighted by atomic mass is 35.5. The molecule has 2 N–H and O–H groups in total.